The molecule has 0 aliphatic carbocycles. The number of carbonyl (C=O) groups excluding carboxylic acids is 1. The lowest BCUT2D eigenvalue weighted by Gasteiger charge is -2.14. The van der Waals surface area contributed by atoms with E-state index in [1.54, 1.807) is 11.1 Å². The van der Waals surface area contributed by atoms with Gasteiger partial charge in [0.25, 0.3) is 0 Å². The van der Waals surface area contributed by atoms with Gasteiger partial charge in [-0.2, -0.15) is 5.10 Å². The average Bonchev–Trinajstić information content (AvgIpc) is 3.38. The minimum absolute atomic E-state index is 0.0119. The van der Waals surface area contributed by atoms with Gasteiger partial charge in [-0.3, -0.25) is 9.78 Å². The van der Waals surface area contributed by atoms with Crippen LogP contribution in [0, 0.1) is 0 Å². The highest BCUT2D eigenvalue weighted by Gasteiger charge is 2.30. The summed E-state index contributed by atoms with van der Waals surface area (Å²) in [6.07, 6.45) is 5.37. The van der Waals surface area contributed by atoms with Gasteiger partial charge in [0, 0.05) is 30.2 Å². The van der Waals surface area contributed by atoms with Crippen LogP contribution in [0.4, 0.5) is 5.82 Å². The summed E-state index contributed by atoms with van der Waals surface area (Å²) < 4.78 is 1.87. The predicted octanol–water partition coefficient (Wildman–Crippen LogP) is 2.58. The maximum Gasteiger partial charge on any atom is 0.246 e. The second-order valence-corrected chi connectivity index (χ2v) is 7.10. The lowest BCUT2D eigenvalue weighted by atomic mass is 10.1. The Balaban J connectivity index is 1.65. The molecule has 0 radical (unpaired) electrons. The van der Waals surface area contributed by atoms with Crippen LogP contribution in [0.5, 0.6) is 0 Å². The quantitative estimate of drug-likeness (QED) is 0.544. The first-order chi connectivity index (χ1) is 14.2. The van der Waals surface area contributed by atoms with Gasteiger partial charge < -0.3 is 10.6 Å². The Morgan fingerprint density at radius 3 is 2.97 bits per heavy atom. The van der Waals surface area contributed by atoms with Crippen molar-refractivity contribution in [3.05, 3.63) is 55.5 Å². The number of fused-ring (bicyclic) bond motifs is 2. The molecule has 1 atom stereocenters. The molecular formula is C21H19N7O. The fourth-order valence-corrected chi connectivity index (χ4v) is 3.92. The Kier molecular flexibility index (Phi) is 3.97. The topological polar surface area (TPSA) is 103 Å². The molecule has 0 unspecified atom stereocenters. The fourth-order valence-electron chi connectivity index (χ4n) is 3.92. The highest BCUT2D eigenvalue weighted by Crippen LogP contribution is 2.34. The molecule has 1 aliphatic rings. The molecule has 1 aromatic carbocycles. The van der Waals surface area contributed by atoms with Crippen molar-refractivity contribution in [2.24, 2.45) is 0 Å². The van der Waals surface area contributed by atoms with E-state index in [0.717, 1.165) is 22.9 Å². The number of nitrogen functional groups attached to an aromatic ring is 1. The predicted molar refractivity (Wildman–Crippen MR) is 111 cm³/mol. The van der Waals surface area contributed by atoms with Gasteiger partial charge in [0.1, 0.15) is 17.8 Å². The number of aromatic nitrogens is 5. The molecule has 8 heteroatoms. The summed E-state index contributed by atoms with van der Waals surface area (Å²) in [7, 11) is 0. The summed E-state index contributed by atoms with van der Waals surface area (Å²) in [5, 5.41) is 6.59. The van der Waals surface area contributed by atoms with Crippen LogP contribution in [0.15, 0.2) is 55.5 Å². The van der Waals surface area contributed by atoms with Crippen LogP contribution in [0.25, 0.3) is 33.2 Å². The van der Waals surface area contributed by atoms with Crippen molar-refractivity contribution in [3.8, 4) is 11.3 Å². The summed E-state index contributed by atoms with van der Waals surface area (Å²) >= 11 is 0. The zero-order valence-electron chi connectivity index (χ0n) is 15.7. The molecule has 8 nitrogen and oxygen atoms in total. The summed E-state index contributed by atoms with van der Waals surface area (Å²) in [6, 6.07) is 9.98. The molecule has 4 heterocycles. The van der Waals surface area contributed by atoms with E-state index in [4.69, 9.17) is 10.8 Å². The highest BCUT2D eigenvalue weighted by molar-refractivity contribution is 5.99. The molecule has 1 aliphatic heterocycles. The van der Waals surface area contributed by atoms with Gasteiger partial charge >= 0.3 is 0 Å². The second kappa shape index (κ2) is 6.66. The van der Waals surface area contributed by atoms with Crippen molar-refractivity contribution >= 4 is 33.7 Å². The number of anilines is 1. The van der Waals surface area contributed by atoms with Crippen molar-refractivity contribution in [2.75, 3.05) is 18.8 Å². The van der Waals surface area contributed by atoms with Gasteiger partial charge in [0.2, 0.25) is 5.91 Å². The Hall–Kier alpha value is -3.81. The van der Waals surface area contributed by atoms with Crippen molar-refractivity contribution in [3.63, 3.8) is 0 Å². The van der Waals surface area contributed by atoms with Gasteiger partial charge in [-0.1, -0.05) is 24.8 Å². The van der Waals surface area contributed by atoms with Crippen LogP contribution < -0.4 is 5.73 Å². The number of rotatable bonds is 3. The smallest absolute Gasteiger partial charge is 0.246 e. The number of likely N-dealkylation sites (tertiary alicyclic amines) is 1. The number of nitrogens with two attached hydrogens (primary N) is 1. The number of para-hydroxylation sites is 1. The maximum atomic E-state index is 12.0. The molecule has 0 bridgehead atoms. The molecule has 1 fully saturated rings. The lowest BCUT2D eigenvalue weighted by Crippen LogP contribution is -2.27. The number of hydrogen-bond acceptors (Lipinski definition) is 6. The van der Waals surface area contributed by atoms with Crippen LogP contribution in [0.1, 0.15) is 12.5 Å². The number of benzene rings is 1. The largest absolute Gasteiger partial charge is 0.383 e. The van der Waals surface area contributed by atoms with E-state index in [-0.39, 0.29) is 11.9 Å². The van der Waals surface area contributed by atoms with Crippen molar-refractivity contribution in [1.29, 1.82) is 0 Å². The zero-order chi connectivity index (χ0) is 20.0. The number of pyridine rings is 1. The zero-order valence-corrected chi connectivity index (χ0v) is 15.7. The Morgan fingerprint density at radius 2 is 2.10 bits per heavy atom. The van der Waals surface area contributed by atoms with Crippen LogP contribution >= 0.6 is 0 Å². The van der Waals surface area contributed by atoms with E-state index in [9.17, 15) is 4.79 Å². The summed E-state index contributed by atoms with van der Waals surface area (Å²) in [4.78, 5) is 26.9. The molecule has 29 heavy (non-hydrogen) atoms. The van der Waals surface area contributed by atoms with E-state index >= 15 is 0 Å². The first-order valence-corrected chi connectivity index (χ1v) is 9.41. The minimum atomic E-state index is -0.0722. The molecule has 0 saturated carbocycles. The summed E-state index contributed by atoms with van der Waals surface area (Å²) in [6.45, 7) is 4.79. The minimum Gasteiger partial charge on any atom is -0.383 e. The van der Waals surface area contributed by atoms with Crippen LogP contribution in [-0.4, -0.2) is 48.6 Å². The SMILES string of the molecule is C=CC(=O)N1CC[C@@H](n2nc(-c3cnc4ccccc4c3)c3c(N)ncnc32)C1. The molecule has 0 spiro atoms. The van der Waals surface area contributed by atoms with Crippen molar-refractivity contribution in [2.45, 2.75) is 12.5 Å². The molecule has 4 aromatic rings. The Morgan fingerprint density at radius 1 is 1.24 bits per heavy atom. The summed E-state index contributed by atoms with van der Waals surface area (Å²) in [5.41, 5.74) is 9.35. The molecule has 2 N–H and O–H groups in total. The number of carbonyl (C=O) groups is 1. The third-order valence-corrected chi connectivity index (χ3v) is 5.38. The van der Waals surface area contributed by atoms with Crippen LogP contribution in [0.3, 0.4) is 0 Å². The van der Waals surface area contributed by atoms with E-state index in [1.807, 2.05) is 35.0 Å². The number of amides is 1. The average molecular weight is 385 g/mol. The molecule has 1 amide bonds. The van der Waals surface area contributed by atoms with Gasteiger partial charge in [-0.05, 0) is 24.6 Å². The molecule has 3 aromatic heterocycles. The second-order valence-electron chi connectivity index (χ2n) is 7.10. The third-order valence-electron chi connectivity index (χ3n) is 5.38. The Bertz CT molecular complexity index is 1260. The number of nitrogens with zero attached hydrogens (tertiary/aromatic N) is 6. The molecule has 5 rings (SSSR count). The van der Waals surface area contributed by atoms with E-state index < -0.39 is 0 Å². The van der Waals surface area contributed by atoms with Crippen molar-refractivity contribution in [1.82, 2.24) is 29.6 Å². The van der Waals surface area contributed by atoms with Gasteiger partial charge in [0.15, 0.2) is 5.65 Å². The third kappa shape index (κ3) is 2.80. The summed E-state index contributed by atoms with van der Waals surface area (Å²) in [5.74, 6) is 0.304. The van der Waals surface area contributed by atoms with Gasteiger partial charge in [-0.25, -0.2) is 14.6 Å². The highest BCUT2D eigenvalue weighted by atomic mass is 16.2. The molecular weight excluding hydrogens is 366 g/mol. The monoisotopic (exact) mass is 385 g/mol. The van der Waals surface area contributed by atoms with Gasteiger partial charge in [0.05, 0.1) is 16.9 Å². The van der Waals surface area contributed by atoms with Crippen LogP contribution in [0.2, 0.25) is 0 Å². The first kappa shape index (κ1) is 17.3. The van der Waals surface area contributed by atoms with Crippen LogP contribution in [-0.2, 0) is 4.79 Å². The van der Waals surface area contributed by atoms with Crippen molar-refractivity contribution < 1.29 is 4.79 Å². The standard InChI is InChI=1S/C21H19N7O/c1-2-17(29)27-8-7-15(11-27)28-21-18(20(22)24-12-25-21)19(26-28)14-9-13-5-3-4-6-16(13)23-10-14/h2-6,9-10,12,15H,1,7-8,11H2,(H2,22,24,25)/t15-/m1/s1. The molecule has 144 valence electrons. The fraction of sp³-hybridized carbons (Fsp3) is 0.190. The molecule has 1 saturated heterocycles. The van der Waals surface area contributed by atoms with Gasteiger partial charge in [-0.15, -0.1) is 0 Å². The Labute approximate surface area is 166 Å². The maximum absolute atomic E-state index is 12.0. The van der Waals surface area contributed by atoms with E-state index in [0.29, 0.717) is 35.6 Å². The number of hydrogen-bond donors (Lipinski definition) is 1. The first-order valence-electron chi connectivity index (χ1n) is 9.41. The lowest BCUT2D eigenvalue weighted by molar-refractivity contribution is -0.125. The van der Waals surface area contributed by atoms with E-state index in [2.05, 4.69) is 21.5 Å². The van der Waals surface area contributed by atoms with E-state index in [1.165, 1.54) is 12.4 Å². The normalized spacial score (nSPS) is 16.6.